The summed E-state index contributed by atoms with van der Waals surface area (Å²) in [6.45, 7) is 13.9. The van der Waals surface area contributed by atoms with Crippen LogP contribution in [0.2, 0.25) is 0 Å². The number of aryl methyl sites for hydroxylation is 1. The van der Waals surface area contributed by atoms with E-state index < -0.39 is 0 Å². The highest BCUT2D eigenvalue weighted by molar-refractivity contribution is 5.72. The molecule has 0 radical (unpaired) electrons. The molecular formula is C36H66O5. The van der Waals surface area contributed by atoms with E-state index in [9.17, 15) is 4.79 Å². The number of esters is 1. The molecule has 0 bridgehead atoms. The van der Waals surface area contributed by atoms with Crippen molar-refractivity contribution in [2.45, 2.75) is 111 Å². The number of benzene rings is 1. The summed E-state index contributed by atoms with van der Waals surface area (Å²) in [5, 5.41) is 21.0. The maximum atomic E-state index is 11.4. The Morgan fingerprint density at radius 1 is 0.902 bits per heavy atom. The van der Waals surface area contributed by atoms with Crippen LogP contribution in [0.5, 0.6) is 0 Å². The van der Waals surface area contributed by atoms with Crippen LogP contribution in [0.15, 0.2) is 67.8 Å². The lowest BCUT2D eigenvalue weighted by Crippen LogP contribution is -2.17. The number of hydrogen-bond donors (Lipinski definition) is 3. The summed E-state index contributed by atoms with van der Waals surface area (Å²) in [6, 6.07) is 10.9. The van der Waals surface area contributed by atoms with Gasteiger partial charge in [0.05, 0.1) is 12.5 Å². The Kier molecular flexibility index (Phi) is 47.2. The highest BCUT2D eigenvalue weighted by atomic mass is 16.5. The fraction of sp³-hybridized carbons (Fsp3) is 0.639. The van der Waals surface area contributed by atoms with Crippen LogP contribution in [0.1, 0.15) is 110 Å². The van der Waals surface area contributed by atoms with E-state index >= 15 is 0 Å². The van der Waals surface area contributed by atoms with Crippen molar-refractivity contribution in [3.8, 4) is 0 Å². The quantitative estimate of drug-likeness (QED) is 0.110. The second-order valence-electron chi connectivity index (χ2n) is 9.51. The molecule has 5 nitrogen and oxygen atoms in total. The Balaban J connectivity index is -0.000000246. The predicted octanol–water partition coefficient (Wildman–Crippen LogP) is 8.88. The van der Waals surface area contributed by atoms with E-state index in [-0.39, 0.29) is 11.9 Å². The average molecular weight is 579 g/mol. The zero-order chi connectivity index (χ0) is 32.0. The summed E-state index contributed by atoms with van der Waals surface area (Å²) in [6.07, 6.45) is 25.5. The Hall–Kier alpha value is -2.21. The minimum atomic E-state index is -0.137. The highest BCUT2D eigenvalue weighted by Crippen LogP contribution is 2.29. The lowest BCUT2D eigenvalue weighted by molar-refractivity contribution is -0.148. The molecule has 0 spiro atoms. The molecule has 0 aliphatic heterocycles. The topological polar surface area (TPSA) is 87.0 Å². The molecule has 1 aliphatic carbocycles. The number of aliphatic hydroxyl groups is 3. The number of hydrogen-bond acceptors (Lipinski definition) is 5. The van der Waals surface area contributed by atoms with Crippen molar-refractivity contribution in [1.82, 2.24) is 0 Å². The molecule has 0 amide bonds. The van der Waals surface area contributed by atoms with E-state index in [0.717, 1.165) is 33.7 Å². The Morgan fingerprint density at radius 2 is 1.46 bits per heavy atom. The maximum Gasteiger partial charge on any atom is 0.309 e. The van der Waals surface area contributed by atoms with Crippen LogP contribution in [0.3, 0.4) is 0 Å². The molecule has 2 rings (SSSR count). The van der Waals surface area contributed by atoms with Crippen molar-refractivity contribution >= 4 is 5.97 Å². The maximum absolute atomic E-state index is 11.4. The van der Waals surface area contributed by atoms with Gasteiger partial charge in [0.2, 0.25) is 0 Å². The van der Waals surface area contributed by atoms with E-state index in [4.69, 9.17) is 20.1 Å². The summed E-state index contributed by atoms with van der Waals surface area (Å²) in [5.41, 5.74) is 1.50. The number of carbonyl (C=O) groups excluding carboxylic acids is 1. The third-order valence-corrected chi connectivity index (χ3v) is 6.27. The summed E-state index contributed by atoms with van der Waals surface area (Å²) in [7, 11) is 3.00. The van der Waals surface area contributed by atoms with E-state index in [1.165, 1.54) is 76.2 Å². The van der Waals surface area contributed by atoms with Crippen LogP contribution in [0.25, 0.3) is 0 Å². The second-order valence-corrected chi connectivity index (χ2v) is 9.51. The summed E-state index contributed by atoms with van der Waals surface area (Å²) >= 11 is 0. The molecule has 1 aromatic rings. The first-order chi connectivity index (χ1) is 20.1. The lowest BCUT2D eigenvalue weighted by atomic mass is 9.98. The van der Waals surface area contributed by atoms with Gasteiger partial charge in [-0.25, -0.2) is 0 Å². The van der Waals surface area contributed by atoms with Gasteiger partial charge in [-0.05, 0) is 56.9 Å². The van der Waals surface area contributed by atoms with Gasteiger partial charge < -0.3 is 20.1 Å². The van der Waals surface area contributed by atoms with Gasteiger partial charge in [-0.1, -0.05) is 120 Å². The van der Waals surface area contributed by atoms with Gasteiger partial charge in [-0.2, -0.15) is 0 Å². The third-order valence-electron chi connectivity index (χ3n) is 6.27. The molecule has 1 fully saturated rings. The fourth-order valence-corrected chi connectivity index (χ4v) is 4.23. The molecule has 0 unspecified atom stereocenters. The zero-order valence-corrected chi connectivity index (χ0v) is 27.5. The molecule has 1 aromatic carbocycles. The largest absolute Gasteiger partial charge is 0.465 e. The smallest absolute Gasteiger partial charge is 0.309 e. The SMILES string of the molecule is C/C=C\CCC.C=CCC(CC=C)C(=O)OCCC.CO.CO.CO.c1ccc(CCCCCC2CCCC2)cc1. The van der Waals surface area contributed by atoms with Gasteiger partial charge in [0.1, 0.15) is 0 Å². The first-order valence-electron chi connectivity index (χ1n) is 15.5. The van der Waals surface area contributed by atoms with Crippen LogP contribution in [-0.4, -0.2) is 49.2 Å². The van der Waals surface area contributed by atoms with Crippen LogP contribution < -0.4 is 0 Å². The van der Waals surface area contributed by atoms with Gasteiger partial charge in [0.25, 0.3) is 0 Å². The van der Waals surface area contributed by atoms with Gasteiger partial charge in [0, 0.05) is 21.3 Å². The number of aliphatic hydroxyl groups excluding tert-OH is 3. The Morgan fingerprint density at radius 3 is 1.90 bits per heavy atom. The average Bonchev–Trinajstić information content (AvgIpc) is 3.56. The number of unbranched alkanes of at least 4 members (excludes halogenated alkanes) is 3. The van der Waals surface area contributed by atoms with E-state index in [0.29, 0.717) is 19.4 Å². The van der Waals surface area contributed by atoms with E-state index in [2.05, 4.69) is 69.5 Å². The first-order valence-corrected chi connectivity index (χ1v) is 15.5. The van der Waals surface area contributed by atoms with Crippen LogP contribution in [-0.2, 0) is 16.0 Å². The zero-order valence-electron chi connectivity index (χ0n) is 27.5. The van der Waals surface area contributed by atoms with Gasteiger partial charge in [-0.15, -0.1) is 13.2 Å². The first kappa shape index (κ1) is 45.8. The van der Waals surface area contributed by atoms with Gasteiger partial charge >= 0.3 is 5.97 Å². The van der Waals surface area contributed by atoms with Crippen LogP contribution >= 0.6 is 0 Å². The standard InChI is InChI=1S/C16H24.C11H18O2.C6H12.3CH4O/c1-3-9-15(10-4-1)11-5-2-6-12-16-13-7-8-14-16;1-4-7-10(8-5-2)11(12)13-9-6-3;1-3-5-6-4-2;3*1-2/h1,3-4,9-10,16H,2,5-8,11-14H2;4-5,10H,1-2,6-9H2,3H3;3,5H,4,6H2,1-2H3;3*2H,1H3/b;;5-3-;;;. The van der Waals surface area contributed by atoms with E-state index in [1.807, 2.05) is 6.92 Å². The van der Waals surface area contributed by atoms with Crippen LogP contribution in [0, 0.1) is 11.8 Å². The van der Waals surface area contributed by atoms with Crippen molar-refractivity contribution in [2.24, 2.45) is 11.8 Å². The molecule has 0 heterocycles. The lowest BCUT2D eigenvalue weighted by Gasteiger charge is -2.11. The molecule has 41 heavy (non-hydrogen) atoms. The Bertz CT molecular complexity index is 641. The Labute approximate surface area is 254 Å². The van der Waals surface area contributed by atoms with E-state index in [1.54, 1.807) is 12.2 Å². The molecule has 1 saturated carbocycles. The van der Waals surface area contributed by atoms with Crippen molar-refractivity contribution in [2.75, 3.05) is 27.9 Å². The number of rotatable bonds is 15. The van der Waals surface area contributed by atoms with Crippen molar-refractivity contribution in [1.29, 1.82) is 0 Å². The third kappa shape index (κ3) is 33.9. The molecule has 240 valence electrons. The number of allylic oxidation sites excluding steroid dienone is 4. The summed E-state index contributed by atoms with van der Waals surface area (Å²) in [4.78, 5) is 11.4. The predicted molar refractivity (Wildman–Crippen MR) is 179 cm³/mol. The molecular weight excluding hydrogens is 512 g/mol. The van der Waals surface area contributed by atoms with Crippen molar-refractivity contribution in [3.05, 3.63) is 73.4 Å². The van der Waals surface area contributed by atoms with Gasteiger partial charge in [0.15, 0.2) is 0 Å². The minimum absolute atomic E-state index is 0.0958. The molecule has 1 aliphatic rings. The second kappa shape index (κ2) is 42.3. The van der Waals surface area contributed by atoms with Crippen LogP contribution in [0.4, 0.5) is 0 Å². The normalized spacial score (nSPS) is 11.6. The summed E-state index contributed by atoms with van der Waals surface area (Å²) in [5.74, 6) is 0.847. The monoisotopic (exact) mass is 578 g/mol. The van der Waals surface area contributed by atoms with Gasteiger partial charge in [-0.3, -0.25) is 4.79 Å². The number of ether oxygens (including phenoxy) is 1. The highest BCUT2D eigenvalue weighted by Gasteiger charge is 2.16. The molecule has 3 N–H and O–H groups in total. The van der Waals surface area contributed by atoms with Crippen molar-refractivity contribution < 1.29 is 24.9 Å². The van der Waals surface area contributed by atoms with Crippen molar-refractivity contribution in [3.63, 3.8) is 0 Å². The fourth-order valence-electron chi connectivity index (χ4n) is 4.23. The molecule has 5 heteroatoms. The molecule has 0 aromatic heterocycles. The molecule has 0 saturated heterocycles. The molecule has 0 atom stereocenters. The summed E-state index contributed by atoms with van der Waals surface area (Å²) < 4.78 is 5.02. The minimum Gasteiger partial charge on any atom is -0.465 e. The number of carbonyl (C=O) groups is 1.